The molecule has 0 amide bonds. The van der Waals surface area contributed by atoms with E-state index >= 15 is 0 Å². The topological polar surface area (TPSA) is 50.4 Å². The van der Waals surface area contributed by atoms with Crippen LogP contribution in [0.5, 0.6) is 0 Å². The highest BCUT2D eigenvalue weighted by Gasteiger charge is 2.09. The lowest BCUT2D eigenvalue weighted by Gasteiger charge is -2.13. The van der Waals surface area contributed by atoms with Gasteiger partial charge in [-0.25, -0.2) is 4.79 Å². The number of esters is 1. The summed E-state index contributed by atoms with van der Waals surface area (Å²) in [6, 6.07) is 13.1. The molecule has 0 unspecified atom stereocenters. The van der Waals surface area contributed by atoms with Crippen LogP contribution in [-0.4, -0.2) is 30.0 Å². The van der Waals surface area contributed by atoms with E-state index in [9.17, 15) is 4.79 Å². The van der Waals surface area contributed by atoms with Crippen molar-refractivity contribution in [1.29, 1.82) is 0 Å². The Hall–Kier alpha value is -1.76. The van der Waals surface area contributed by atoms with Gasteiger partial charge in [0, 0.05) is 27.9 Å². The quantitative estimate of drug-likeness (QED) is 0.294. The van der Waals surface area contributed by atoms with Gasteiger partial charge >= 0.3 is 5.97 Å². The number of nitrogens with one attached hydrogen (secondary N) is 2. The molecule has 0 bridgehead atoms. The second kappa shape index (κ2) is 10.4. The van der Waals surface area contributed by atoms with Gasteiger partial charge in [0.25, 0.3) is 0 Å². The average molecular weight is 409 g/mol. The summed E-state index contributed by atoms with van der Waals surface area (Å²) >= 11 is 12.9. The zero-order chi connectivity index (χ0) is 18.9. The van der Waals surface area contributed by atoms with Gasteiger partial charge in [-0.05, 0) is 74.1 Å². The smallest absolute Gasteiger partial charge is 0.338 e. The lowest BCUT2D eigenvalue weighted by molar-refractivity contribution is 0.0526. The molecule has 0 spiro atoms. The van der Waals surface area contributed by atoms with Crippen molar-refractivity contribution in [3.8, 4) is 0 Å². The Morgan fingerprint density at radius 2 is 1.96 bits per heavy atom. The number of carbonyl (C=O) groups excluding carboxylic acids is 1. The third-order valence-corrected chi connectivity index (χ3v) is 4.97. The van der Waals surface area contributed by atoms with Crippen molar-refractivity contribution in [3.63, 3.8) is 0 Å². The summed E-state index contributed by atoms with van der Waals surface area (Å²) < 4.78 is 5.01. The number of halogens is 1. The van der Waals surface area contributed by atoms with Gasteiger partial charge in [0.15, 0.2) is 5.11 Å². The summed E-state index contributed by atoms with van der Waals surface area (Å²) in [5.74, 6) is 0.562. The summed E-state index contributed by atoms with van der Waals surface area (Å²) in [6.45, 7) is 4.80. The van der Waals surface area contributed by atoms with Crippen LogP contribution in [0.15, 0.2) is 47.4 Å². The van der Waals surface area contributed by atoms with E-state index in [-0.39, 0.29) is 5.97 Å². The molecular formula is C19H21ClN2O2S2. The number of thioether (sulfide) groups is 1. The second-order valence-corrected chi connectivity index (χ2v) is 7.45. The van der Waals surface area contributed by atoms with Crippen LogP contribution in [0.3, 0.4) is 0 Å². The standard InChI is InChI=1S/C19H21ClN2O2S2/c1-3-24-18(23)14-4-9-17(13(2)12-14)22-19(25)21-10-11-26-16-7-5-15(20)6-8-16/h4-9,12H,3,10-11H2,1-2H3,(H2,21,22,25). The third kappa shape index (κ3) is 6.52. The molecule has 2 aromatic rings. The van der Waals surface area contributed by atoms with Gasteiger partial charge in [0.05, 0.1) is 12.2 Å². The number of hydrogen-bond donors (Lipinski definition) is 2. The summed E-state index contributed by atoms with van der Waals surface area (Å²) in [4.78, 5) is 12.9. The van der Waals surface area contributed by atoms with Crippen molar-refractivity contribution in [1.82, 2.24) is 5.32 Å². The Balaban J connectivity index is 1.78. The normalized spacial score (nSPS) is 10.3. The van der Waals surface area contributed by atoms with Crippen LogP contribution in [0.4, 0.5) is 5.69 Å². The van der Waals surface area contributed by atoms with E-state index in [1.165, 1.54) is 4.90 Å². The fourth-order valence-electron chi connectivity index (χ4n) is 2.18. The van der Waals surface area contributed by atoms with Crippen LogP contribution in [0.1, 0.15) is 22.8 Å². The molecule has 0 saturated heterocycles. The van der Waals surface area contributed by atoms with E-state index in [2.05, 4.69) is 10.6 Å². The minimum Gasteiger partial charge on any atom is -0.462 e. The molecule has 4 nitrogen and oxygen atoms in total. The van der Waals surface area contributed by atoms with E-state index in [0.29, 0.717) is 17.3 Å². The largest absolute Gasteiger partial charge is 0.462 e. The first-order valence-corrected chi connectivity index (χ1v) is 9.97. The van der Waals surface area contributed by atoms with Crippen LogP contribution in [0, 0.1) is 6.92 Å². The molecule has 0 radical (unpaired) electrons. The molecule has 0 atom stereocenters. The van der Waals surface area contributed by atoms with Crippen LogP contribution >= 0.6 is 35.6 Å². The predicted molar refractivity (Wildman–Crippen MR) is 114 cm³/mol. The van der Waals surface area contributed by atoms with E-state index in [4.69, 9.17) is 28.6 Å². The molecule has 2 N–H and O–H groups in total. The summed E-state index contributed by atoms with van der Waals surface area (Å²) in [6.07, 6.45) is 0. The van der Waals surface area contributed by atoms with Gasteiger partial charge in [0.2, 0.25) is 0 Å². The highest BCUT2D eigenvalue weighted by atomic mass is 35.5. The Kier molecular flexibility index (Phi) is 8.22. The minimum atomic E-state index is -0.318. The number of aryl methyl sites for hydroxylation is 1. The highest BCUT2D eigenvalue weighted by Crippen LogP contribution is 2.20. The van der Waals surface area contributed by atoms with Crippen molar-refractivity contribution < 1.29 is 9.53 Å². The molecular weight excluding hydrogens is 388 g/mol. The van der Waals surface area contributed by atoms with E-state index < -0.39 is 0 Å². The van der Waals surface area contributed by atoms with E-state index in [1.807, 2.05) is 37.3 Å². The fraction of sp³-hybridized carbons (Fsp3) is 0.263. The van der Waals surface area contributed by atoms with Gasteiger partial charge < -0.3 is 15.4 Å². The molecule has 0 saturated carbocycles. The van der Waals surface area contributed by atoms with Crippen molar-refractivity contribution >= 4 is 52.3 Å². The molecule has 2 rings (SSSR count). The maximum Gasteiger partial charge on any atom is 0.338 e. The average Bonchev–Trinajstić information content (AvgIpc) is 2.62. The Bertz CT molecular complexity index is 767. The van der Waals surface area contributed by atoms with Crippen molar-refractivity contribution in [2.45, 2.75) is 18.7 Å². The van der Waals surface area contributed by atoms with Gasteiger partial charge in [-0.3, -0.25) is 0 Å². The Morgan fingerprint density at radius 1 is 1.23 bits per heavy atom. The molecule has 0 aliphatic rings. The first-order valence-electron chi connectivity index (χ1n) is 8.20. The van der Waals surface area contributed by atoms with Gasteiger partial charge in [-0.1, -0.05) is 11.6 Å². The molecule has 0 heterocycles. The summed E-state index contributed by atoms with van der Waals surface area (Å²) in [5, 5.41) is 7.62. The lowest BCUT2D eigenvalue weighted by atomic mass is 10.1. The molecule has 26 heavy (non-hydrogen) atoms. The lowest BCUT2D eigenvalue weighted by Crippen LogP contribution is -2.30. The maximum atomic E-state index is 11.7. The number of rotatable bonds is 7. The molecule has 7 heteroatoms. The Morgan fingerprint density at radius 3 is 2.62 bits per heavy atom. The third-order valence-electron chi connectivity index (χ3n) is 3.46. The molecule has 0 aromatic heterocycles. The van der Waals surface area contributed by atoms with Crippen LogP contribution in [0.2, 0.25) is 5.02 Å². The first kappa shape index (κ1) is 20.6. The SMILES string of the molecule is CCOC(=O)c1ccc(NC(=S)NCCSc2ccc(Cl)cc2)c(C)c1. The van der Waals surface area contributed by atoms with Crippen molar-refractivity contribution in [2.24, 2.45) is 0 Å². The number of thiocarbonyl (C=S) groups is 1. The first-order chi connectivity index (χ1) is 12.5. The second-order valence-electron chi connectivity index (χ2n) is 5.43. The molecule has 138 valence electrons. The summed E-state index contributed by atoms with van der Waals surface area (Å²) in [5.41, 5.74) is 2.32. The number of ether oxygens (including phenoxy) is 1. The molecule has 2 aromatic carbocycles. The maximum absolute atomic E-state index is 11.7. The summed E-state index contributed by atoms with van der Waals surface area (Å²) in [7, 11) is 0. The van der Waals surface area contributed by atoms with Crippen LogP contribution < -0.4 is 10.6 Å². The zero-order valence-electron chi connectivity index (χ0n) is 14.7. The predicted octanol–water partition coefficient (Wildman–Crippen LogP) is 4.90. The van der Waals surface area contributed by atoms with Gasteiger partial charge in [-0.15, -0.1) is 11.8 Å². The van der Waals surface area contributed by atoms with E-state index in [1.54, 1.807) is 30.8 Å². The Labute approximate surface area is 168 Å². The minimum absolute atomic E-state index is 0.318. The fourth-order valence-corrected chi connectivity index (χ4v) is 3.28. The van der Waals surface area contributed by atoms with Gasteiger partial charge in [0.1, 0.15) is 0 Å². The number of anilines is 1. The monoisotopic (exact) mass is 408 g/mol. The van der Waals surface area contributed by atoms with E-state index in [0.717, 1.165) is 28.6 Å². The number of benzene rings is 2. The van der Waals surface area contributed by atoms with Gasteiger partial charge in [-0.2, -0.15) is 0 Å². The molecule has 0 aliphatic heterocycles. The van der Waals surface area contributed by atoms with Crippen LogP contribution in [0.25, 0.3) is 0 Å². The molecule has 0 fully saturated rings. The number of carbonyl (C=O) groups is 1. The van der Waals surface area contributed by atoms with Crippen molar-refractivity contribution in [2.75, 3.05) is 24.2 Å². The van der Waals surface area contributed by atoms with Crippen molar-refractivity contribution in [3.05, 3.63) is 58.6 Å². The molecule has 0 aliphatic carbocycles. The zero-order valence-corrected chi connectivity index (χ0v) is 17.1. The highest BCUT2D eigenvalue weighted by molar-refractivity contribution is 7.99. The number of hydrogen-bond acceptors (Lipinski definition) is 4. The van der Waals surface area contributed by atoms with Crippen LogP contribution in [-0.2, 0) is 4.74 Å².